The summed E-state index contributed by atoms with van der Waals surface area (Å²) in [6.07, 6.45) is -20.6. The molecule has 11 rings (SSSR count). The molecule has 1 N–H and O–H groups in total. The number of aliphatic hydroxyl groups is 1. The molecule has 89 heavy (non-hydrogen) atoms. The van der Waals surface area contributed by atoms with Crippen molar-refractivity contribution in [2.45, 2.75) is 138 Å². The van der Waals surface area contributed by atoms with E-state index < -0.39 is 135 Å². The van der Waals surface area contributed by atoms with Gasteiger partial charge in [0.1, 0.15) is 68.1 Å². The van der Waals surface area contributed by atoms with Gasteiger partial charge >= 0.3 is 23.9 Å². The Balaban J connectivity index is 1.02. The highest BCUT2D eigenvalue weighted by atomic mass is 16.8. The molecule has 0 unspecified atom stereocenters. The molecule has 7 aromatic carbocycles. The number of benzene rings is 7. The summed E-state index contributed by atoms with van der Waals surface area (Å²) in [6, 6.07) is 61.5. The van der Waals surface area contributed by atoms with Crippen molar-refractivity contribution < 1.29 is 90.6 Å². The number of fused-ring (bicyclic) bond motifs is 1. The summed E-state index contributed by atoms with van der Waals surface area (Å²) >= 11 is 0. The van der Waals surface area contributed by atoms with E-state index in [1.54, 1.807) is 130 Å². The largest absolute Gasteiger partial charge is 0.459 e. The number of carbonyl (C=O) groups excluding carboxylic acids is 4. The van der Waals surface area contributed by atoms with Gasteiger partial charge in [-0.2, -0.15) is 0 Å². The minimum absolute atomic E-state index is 0.0160. The van der Waals surface area contributed by atoms with E-state index in [4.69, 9.17) is 66.3 Å². The third kappa shape index (κ3) is 15.9. The van der Waals surface area contributed by atoms with Crippen molar-refractivity contribution in [1.29, 1.82) is 0 Å². The molecule has 4 aliphatic rings. The van der Waals surface area contributed by atoms with E-state index in [1.807, 2.05) is 91.0 Å². The lowest BCUT2D eigenvalue weighted by Gasteiger charge is -2.50. The molecule has 19 heteroatoms. The second kappa shape index (κ2) is 29.5. The predicted molar refractivity (Wildman–Crippen MR) is 317 cm³/mol. The number of rotatable bonds is 23. The average molecular weight is 1220 g/mol. The van der Waals surface area contributed by atoms with Crippen LogP contribution in [0.4, 0.5) is 0 Å². The fourth-order valence-electron chi connectivity index (χ4n) is 11.1. The number of ether oxygens (including phenoxy) is 14. The van der Waals surface area contributed by atoms with Crippen LogP contribution in [0.1, 0.15) is 78.9 Å². The monoisotopic (exact) mass is 1210 g/mol. The van der Waals surface area contributed by atoms with Crippen molar-refractivity contribution >= 4 is 23.9 Å². The first-order valence-corrected chi connectivity index (χ1v) is 29.6. The Morgan fingerprint density at radius 3 is 1.24 bits per heavy atom. The quantitative estimate of drug-likeness (QED) is 0.0466. The molecule has 4 heterocycles. The van der Waals surface area contributed by atoms with Gasteiger partial charge in [0.15, 0.2) is 36.9 Å². The zero-order valence-electron chi connectivity index (χ0n) is 49.2. The van der Waals surface area contributed by atoms with Crippen LogP contribution in [0.25, 0.3) is 0 Å². The first-order valence-electron chi connectivity index (χ1n) is 29.6. The Labute approximate surface area is 515 Å². The minimum atomic E-state index is -2.02. The molecule has 19 nitrogen and oxygen atoms in total. The zero-order chi connectivity index (χ0) is 61.7. The van der Waals surface area contributed by atoms with Gasteiger partial charge in [0.2, 0.25) is 0 Å². The standard InChI is InChI=1S/C70H70O19/c1-44-54(76-39-45-25-11-4-12-26-45)57(77-40-46-27-13-5-14-28-46)61(78-41-47-29-15-6-16-30-47)68(81-44)87-58-55(52(42-79-63(71)48-31-17-7-18-32-48)82-67(75)60(58)84-65(73)50-35-21-9-22-36-50)86-69-62(85-66(74)51-37-23-10-24-38-51)59-56(88-70(2,3)89-59)53(83-69)43-80-64(72)49-33-19-8-20-34-49/h4-38,44,52-62,67-69,75H,39-43H2,1-3H3/t44-,52+,53+,54+,55+,56-,57+,58-,59-,60+,61-,62+,67+,68-,69-/m0/s1. The van der Waals surface area contributed by atoms with Crippen LogP contribution in [-0.4, -0.2) is 140 Å². The fourth-order valence-corrected chi connectivity index (χ4v) is 11.1. The summed E-state index contributed by atoms with van der Waals surface area (Å²) in [5.41, 5.74) is 3.27. The maximum atomic E-state index is 14.5. The molecule has 464 valence electrons. The predicted octanol–water partition coefficient (Wildman–Crippen LogP) is 9.39. The number of esters is 4. The molecule has 7 aromatic rings. The Morgan fingerprint density at radius 2 is 0.764 bits per heavy atom. The van der Waals surface area contributed by atoms with Crippen LogP contribution in [0.15, 0.2) is 212 Å². The lowest BCUT2D eigenvalue weighted by Crippen LogP contribution is -2.68. The van der Waals surface area contributed by atoms with Gasteiger partial charge in [0, 0.05) is 0 Å². The van der Waals surface area contributed by atoms with E-state index >= 15 is 0 Å². The molecule has 4 fully saturated rings. The molecule has 15 atom stereocenters. The highest BCUT2D eigenvalue weighted by molar-refractivity contribution is 5.91. The van der Waals surface area contributed by atoms with Crippen LogP contribution in [0, 0.1) is 0 Å². The van der Waals surface area contributed by atoms with Crippen LogP contribution >= 0.6 is 0 Å². The Kier molecular flexibility index (Phi) is 20.8. The number of hydrogen-bond acceptors (Lipinski definition) is 19. The van der Waals surface area contributed by atoms with E-state index in [0.29, 0.717) is 0 Å². The maximum Gasteiger partial charge on any atom is 0.338 e. The number of aliphatic hydroxyl groups excluding tert-OH is 1. The molecular formula is C70H70O19. The summed E-state index contributed by atoms with van der Waals surface area (Å²) in [6.45, 7) is 4.38. The SMILES string of the molecule is C[C@@H]1O[C@@H](O[C@@H]2[C@@H](OC(=O)c3ccccc3)[C@H](O)O[C@H](COC(=O)c3ccccc3)[C@H]2O[C@@H]2O[C@H](COC(=O)c3ccccc3)[C@@H]3OC(C)(C)O[C@@H]3[C@H]2OC(=O)c2ccccc2)[C@@H](OCc2ccccc2)[C@H](OCc2ccccc2)[C@@H]1OCc1ccccc1. The Bertz CT molecular complexity index is 3370. The van der Waals surface area contributed by atoms with Gasteiger partial charge in [-0.1, -0.05) is 164 Å². The zero-order valence-corrected chi connectivity index (χ0v) is 49.2. The summed E-state index contributed by atoms with van der Waals surface area (Å²) in [4.78, 5) is 56.5. The van der Waals surface area contributed by atoms with Crippen LogP contribution < -0.4 is 0 Å². The van der Waals surface area contributed by atoms with Gasteiger partial charge in [-0.15, -0.1) is 0 Å². The maximum absolute atomic E-state index is 14.5. The molecule has 4 saturated heterocycles. The molecule has 0 amide bonds. The minimum Gasteiger partial charge on any atom is -0.459 e. The average Bonchev–Trinajstić information content (AvgIpc) is 2.29. The van der Waals surface area contributed by atoms with Gasteiger partial charge in [-0.3, -0.25) is 0 Å². The molecule has 4 aliphatic heterocycles. The summed E-state index contributed by atoms with van der Waals surface area (Å²) in [5.74, 6) is -4.45. The molecule has 0 aliphatic carbocycles. The molecule has 0 spiro atoms. The first kappa shape index (κ1) is 62.6. The van der Waals surface area contributed by atoms with Crippen LogP contribution in [-0.2, 0) is 86.1 Å². The highest BCUT2D eigenvalue weighted by Crippen LogP contribution is 2.42. The van der Waals surface area contributed by atoms with E-state index in [1.165, 1.54) is 12.1 Å². The van der Waals surface area contributed by atoms with Crippen molar-refractivity contribution in [1.82, 2.24) is 0 Å². The third-order valence-electron chi connectivity index (χ3n) is 15.5. The van der Waals surface area contributed by atoms with Crippen molar-refractivity contribution in [3.8, 4) is 0 Å². The molecular weight excluding hydrogens is 1140 g/mol. The van der Waals surface area contributed by atoms with Crippen LogP contribution in [0.5, 0.6) is 0 Å². The molecule has 0 bridgehead atoms. The van der Waals surface area contributed by atoms with E-state index in [9.17, 15) is 24.3 Å². The second-order valence-electron chi connectivity index (χ2n) is 22.3. The molecule has 0 radical (unpaired) electrons. The van der Waals surface area contributed by atoms with Crippen LogP contribution in [0.3, 0.4) is 0 Å². The van der Waals surface area contributed by atoms with Crippen molar-refractivity contribution in [2.24, 2.45) is 0 Å². The lowest BCUT2D eigenvalue weighted by molar-refractivity contribution is -0.383. The first-order chi connectivity index (χ1) is 43.3. The van der Waals surface area contributed by atoms with Gasteiger partial charge in [-0.05, 0) is 86.0 Å². The van der Waals surface area contributed by atoms with E-state index in [-0.39, 0.29) is 42.1 Å². The number of hydrogen-bond donors (Lipinski definition) is 1. The lowest BCUT2D eigenvalue weighted by atomic mass is 9.95. The number of carbonyl (C=O) groups is 4. The normalized spacial score (nSPS) is 27.9. The van der Waals surface area contributed by atoms with Gasteiger partial charge in [0.25, 0.3) is 0 Å². The van der Waals surface area contributed by atoms with E-state index in [2.05, 4.69) is 0 Å². The highest BCUT2D eigenvalue weighted by Gasteiger charge is 2.61. The summed E-state index contributed by atoms with van der Waals surface area (Å²) in [5, 5.41) is 12.5. The Morgan fingerprint density at radius 1 is 0.393 bits per heavy atom. The summed E-state index contributed by atoms with van der Waals surface area (Å²) < 4.78 is 93.0. The van der Waals surface area contributed by atoms with Crippen molar-refractivity contribution in [3.63, 3.8) is 0 Å². The van der Waals surface area contributed by atoms with Gasteiger partial charge < -0.3 is 71.4 Å². The van der Waals surface area contributed by atoms with Crippen LogP contribution in [0.2, 0.25) is 0 Å². The summed E-state index contributed by atoms with van der Waals surface area (Å²) in [7, 11) is 0. The Hall–Kier alpha value is -8.02. The van der Waals surface area contributed by atoms with Crippen molar-refractivity contribution in [3.05, 3.63) is 251 Å². The topological polar surface area (TPSA) is 218 Å². The fraction of sp³-hybridized carbons (Fsp3) is 0.343. The van der Waals surface area contributed by atoms with Crippen molar-refractivity contribution in [2.75, 3.05) is 13.2 Å². The van der Waals surface area contributed by atoms with Gasteiger partial charge in [0.05, 0.1) is 48.2 Å². The second-order valence-corrected chi connectivity index (χ2v) is 22.3. The van der Waals surface area contributed by atoms with Gasteiger partial charge in [-0.25, -0.2) is 19.2 Å². The van der Waals surface area contributed by atoms with E-state index in [0.717, 1.165) is 16.7 Å². The third-order valence-corrected chi connectivity index (χ3v) is 15.5. The molecule has 0 saturated carbocycles. The smallest absolute Gasteiger partial charge is 0.338 e. The molecule has 0 aromatic heterocycles.